The Morgan fingerprint density at radius 1 is 1.50 bits per heavy atom. The molecule has 0 aliphatic rings. The van der Waals surface area contributed by atoms with Gasteiger partial charge in [-0.3, -0.25) is 0 Å². The minimum atomic E-state index is 0.819. The predicted octanol–water partition coefficient (Wildman–Crippen LogP) is 2.06. The van der Waals surface area contributed by atoms with Crippen molar-refractivity contribution in [3.8, 4) is 5.75 Å². The van der Waals surface area contributed by atoms with Gasteiger partial charge in [0.2, 0.25) is 0 Å². The van der Waals surface area contributed by atoms with Gasteiger partial charge in [-0.1, -0.05) is 19.1 Å². The van der Waals surface area contributed by atoms with E-state index in [1.54, 1.807) is 7.11 Å². The van der Waals surface area contributed by atoms with Gasteiger partial charge in [-0.15, -0.1) is 0 Å². The third kappa shape index (κ3) is 1.50. The van der Waals surface area contributed by atoms with Crippen molar-refractivity contribution in [2.45, 2.75) is 13.3 Å². The first-order valence-corrected chi connectivity index (χ1v) is 3.42. The molecule has 0 spiro atoms. The van der Waals surface area contributed by atoms with Crippen LogP contribution in [0.5, 0.6) is 5.75 Å². The summed E-state index contributed by atoms with van der Waals surface area (Å²) in [6.45, 7) is 2.10. The lowest BCUT2D eigenvalue weighted by Gasteiger charge is -1.99. The van der Waals surface area contributed by atoms with Crippen molar-refractivity contribution < 1.29 is 4.74 Å². The maximum Gasteiger partial charge on any atom is 0.127 e. The van der Waals surface area contributed by atoms with Crippen molar-refractivity contribution >= 4 is 0 Å². The molecule has 1 nitrogen and oxygen atoms in total. The number of ether oxygens (including phenoxy) is 1. The normalized spacial score (nSPS) is 9.40. The fourth-order valence-electron chi connectivity index (χ4n) is 0.819. The highest BCUT2D eigenvalue weighted by molar-refractivity contribution is 5.26. The molecular weight excluding hydrogens is 124 g/mol. The van der Waals surface area contributed by atoms with Gasteiger partial charge in [-0.05, 0) is 18.1 Å². The van der Waals surface area contributed by atoms with Crippen LogP contribution in [-0.2, 0) is 6.42 Å². The van der Waals surface area contributed by atoms with E-state index in [-0.39, 0.29) is 0 Å². The fourth-order valence-corrected chi connectivity index (χ4v) is 0.819. The SMILES string of the molecule is CCc1[c]c(OC)ccc1. The zero-order chi connectivity index (χ0) is 7.40. The van der Waals surface area contributed by atoms with Crippen molar-refractivity contribution in [1.82, 2.24) is 0 Å². The molecule has 1 aromatic rings. The molecule has 0 bridgehead atoms. The number of hydrogen-bond acceptors (Lipinski definition) is 1. The molecule has 1 aromatic carbocycles. The van der Waals surface area contributed by atoms with Gasteiger partial charge in [0, 0.05) is 6.07 Å². The maximum absolute atomic E-state index is 5.00. The summed E-state index contributed by atoms with van der Waals surface area (Å²) < 4.78 is 5.00. The molecule has 0 heterocycles. The van der Waals surface area contributed by atoms with E-state index >= 15 is 0 Å². The Labute approximate surface area is 61.6 Å². The topological polar surface area (TPSA) is 9.23 Å². The average molecular weight is 135 g/mol. The lowest BCUT2D eigenvalue weighted by molar-refractivity contribution is 0.413. The molecule has 10 heavy (non-hydrogen) atoms. The van der Waals surface area contributed by atoms with E-state index in [9.17, 15) is 0 Å². The lowest BCUT2D eigenvalue weighted by atomic mass is 10.2. The first-order chi connectivity index (χ1) is 4.86. The number of aryl methyl sites for hydroxylation is 1. The summed E-state index contributed by atoms with van der Waals surface area (Å²) in [6.07, 6.45) is 1.01. The van der Waals surface area contributed by atoms with Crippen LogP contribution < -0.4 is 4.74 Å². The Morgan fingerprint density at radius 3 is 2.90 bits per heavy atom. The van der Waals surface area contributed by atoms with E-state index in [0.29, 0.717) is 0 Å². The van der Waals surface area contributed by atoms with Crippen molar-refractivity contribution in [3.05, 3.63) is 29.8 Å². The molecule has 0 aliphatic heterocycles. The van der Waals surface area contributed by atoms with E-state index < -0.39 is 0 Å². The second-order valence-corrected chi connectivity index (χ2v) is 2.10. The average Bonchev–Trinajstić information content (AvgIpc) is 2.05. The van der Waals surface area contributed by atoms with Gasteiger partial charge in [0.15, 0.2) is 0 Å². The predicted molar refractivity (Wildman–Crippen MR) is 41.2 cm³/mol. The zero-order valence-corrected chi connectivity index (χ0v) is 6.35. The van der Waals surface area contributed by atoms with E-state index in [2.05, 4.69) is 13.0 Å². The van der Waals surface area contributed by atoms with Gasteiger partial charge in [0.05, 0.1) is 7.11 Å². The molecule has 0 amide bonds. The van der Waals surface area contributed by atoms with Crippen LogP contribution in [0.3, 0.4) is 0 Å². The molecule has 53 valence electrons. The van der Waals surface area contributed by atoms with Gasteiger partial charge in [0.1, 0.15) is 5.75 Å². The van der Waals surface area contributed by atoms with Crippen molar-refractivity contribution in [2.75, 3.05) is 7.11 Å². The Bertz CT molecular complexity index is 186. The van der Waals surface area contributed by atoms with E-state index in [0.717, 1.165) is 12.2 Å². The lowest BCUT2D eigenvalue weighted by Crippen LogP contribution is -1.85. The van der Waals surface area contributed by atoms with Gasteiger partial charge in [-0.25, -0.2) is 0 Å². The summed E-state index contributed by atoms with van der Waals surface area (Å²) in [6, 6.07) is 9.05. The van der Waals surface area contributed by atoms with Crippen LogP contribution in [-0.4, -0.2) is 7.11 Å². The quantitative estimate of drug-likeness (QED) is 0.603. The third-order valence-corrected chi connectivity index (χ3v) is 1.43. The number of rotatable bonds is 2. The summed E-state index contributed by atoms with van der Waals surface area (Å²) in [5, 5.41) is 0. The van der Waals surface area contributed by atoms with Crippen LogP contribution in [0.15, 0.2) is 18.2 Å². The maximum atomic E-state index is 5.00. The smallest absolute Gasteiger partial charge is 0.127 e. The highest BCUT2D eigenvalue weighted by atomic mass is 16.5. The minimum Gasteiger partial charge on any atom is -0.496 e. The van der Waals surface area contributed by atoms with Gasteiger partial charge in [-0.2, -0.15) is 0 Å². The molecule has 0 fully saturated rings. The third-order valence-electron chi connectivity index (χ3n) is 1.43. The Kier molecular flexibility index (Phi) is 2.32. The molecule has 0 saturated carbocycles. The van der Waals surface area contributed by atoms with Crippen LogP contribution in [0.25, 0.3) is 0 Å². The number of hydrogen-bond donors (Lipinski definition) is 0. The van der Waals surface area contributed by atoms with Crippen LogP contribution in [0.2, 0.25) is 0 Å². The Morgan fingerprint density at radius 2 is 2.30 bits per heavy atom. The molecule has 0 aliphatic carbocycles. The van der Waals surface area contributed by atoms with Gasteiger partial charge >= 0.3 is 0 Å². The summed E-state index contributed by atoms with van der Waals surface area (Å²) >= 11 is 0. The van der Waals surface area contributed by atoms with Crippen LogP contribution in [0.1, 0.15) is 12.5 Å². The van der Waals surface area contributed by atoms with E-state index in [1.807, 2.05) is 18.2 Å². The molecular formula is C9H11O. The van der Waals surface area contributed by atoms with Gasteiger partial charge in [0.25, 0.3) is 0 Å². The second kappa shape index (κ2) is 3.25. The minimum absolute atomic E-state index is 0.819. The van der Waals surface area contributed by atoms with Crippen molar-refractivity contribution in [3.63, 3.8) is 0 Å². The molecule has 0 saturated heterocycles. The highest BCUT2D eigenvalue weighted by Gasteiger charge is 1.91. The standard InChI is InChI=1S/C9H11O/c1-3-8-5-4-6-9(7-8)10-2/h4-6H,3H2,1-2H3. The van der Waals surface area contributed by atoms with Crippen molar-refractivity contribution in [1.29, 1.82) is 0 Å². The van der Waals surface area contributed by atoms with Crippen LogP contribution in [0, 0.1) is 6.07 Å². The Balaban J connectivity index is 2.87. The second-order valence-electron chi connectivity index (χ2n) is 2.10. The zero-order valence-electron chi connectivity index (χ0n) is 6.35. The van der Waals surface area contributed by atoms with E-state index in [4.69, 9.17) is 4.74 Å². The summed E-state index contributed by atoms with van der Waals surface area (Å²) in [5.41, 5.74) is 1.19. The number of methoxy groups -OCH3 is 1. The first-order valence-electron chi connectivity index (χ1n) is 3.42. The highest BCUT2D eigenvalue weighted by Crippen LogP contribution is 2.10. The molecule has 0 aromatic heterocycles. The summed E-state index contributed by atoms with van der Waals surface area (Å²) in [4.78, 5) is 0. The monoisotopic (exact) mass is 135 g/mol. The molecule has 0 N–H and O–H groups in total. The Hall–Kier alpha value is -0.980. The molecule has 1 heteroatoms. The largest absolute Gasteiger partial charge is 0.496 e. The fraction of sp³-hybridized carbons (Fsp3) is 0.333. The number of benzene rings is 1. The van der Waals surface area contributed by atoms with Crippen LogP contribution >= 0.6 is 0 Å². The van der Waals surface area contributed by atoms with Crippen molar-refractivity contribution in [2.24, 2.45) is 0 Å². The summed E-state index contributed by atoms with van der Waals surface area (Å²) in [5.74, 6) is 0.819. The molecule has 1 rings (SSSR count). The first kappa shape index (κ1) is 7.13. The van der Waals surface area contributed by atoms with E-state index in [1.165, 1.54) is 5.56 Å². The molecule has 0 atom stereocenters. The summed E-state index contributed by atoms with van der Waals surface area (Å²) in [7, 11) is 1.66. The molecule has 1 radical (unpaired) electrons. The van der Waals surface area contributed by atoms with Gasteiger partial charge < -0.3 is 4.74 Å². The molecule has 0 unspecified atom stereocenters. The van der Waals surface area contributed by atoms with Crippen LogP contribution in [0.4, 0.5) is 0 Å².